The van der Waals surface area contributed by atoms with E-state index in [0.29, 0.717) is 9.09 Å². The summed E-state index contributed by atoms with van der Waals surface area (Å²) in [5.74, 6) is 0. The number of para-hydroxylation sites is 2. The summed E-state index contributed by atoms with van der Waals surface area (Å²) in [6.07, 6.45) is 0. The Morgan fingerprint density at radius 1 is 0.696 bits per heavy atom. The molecule has 0 saturated carbocycles. The summed E-state index contributed by atoms with van der Waals surface area (Å²) < 4.78 is 23.7. The average Bonchev–Trinajstić information content (AvgIpc) is 2.59. The molecule has 112 valence electrons. The van der Waals surface area contributed by atoms with Gasteiger partial charge in [0.05, 0.1) is 11.0 Å². The highest BCUT2D eigenvalue weighted by molar-refractivity contribution is 14.2. The quantitative estimate of drug-likeness (QED) is 0.326. The van der Waals surface area contributed by atoms with Gasteiger partial charge in [-0.3, -0.25) is 0 Å². The lowest BCUT2D eigenvalue weighted by molar-refractivity contribution is 0.610. The molecule has 0 atom stereocenters. The maximum absolute atomic E-state index is 11.7. The second-order valence-electron chi connectivity index (χ2n) is 5.22. The summed E-state index contributed by atoms with van der Waals surface area (Å²) >= 11 is -3.61. The van der Waals surface area contributed by atoms with Crippen LogP contribution in [-0.4, -0.2) is 4.98 Å². The summed E-state index contributed by atoms with van der Waals surface area (Å²) in [4.78, 5) is 4.62. The SMILES string of the molecule is O=I(=O)c1cccc2c(-c3ccccc3)c3ccccc3nc12. The fourth-order valence-electron chi connectivity index (χ4n) is 2.92. The number of halogens is 1. The van der Waals surface area contributed by atoms with Gasteiger partial charge in [0.15, 0.2) is 0 Å². The number of aromatic nitrogens is 1. The Labute approximate surface area is 140 Å². The third kappa shape index (κ3) is 2.39. The Morgan fingerprint density at radius 2 is 1.39 bits per heavy atom. The zero-order valence-corrected chi connectivity index (χ0v) is 14.2. The molecule has 0 aliphatic carbocycles. The van der Waals surface area contributed by atoms with E-state index in [1.165, 1.54) is 0 Å². The Kier molecular flexibility index (Phi) is 3.53. The van der Waals surface area contributed by atoms with Crippen molar-refractivity contribution in [3.05, 3.63) is 76.4 Å². The third-order valence-electron chi connectivity index (χ3n) is 3.89. The summed E-state index contributed by atoms with van der Waals surface area (Å²) in [6.45, 7) is 0. The first kappa shape index (κ1) is 14.3. The molecule has 3 aromatic carbocycles. The molecule has 0 N–H and O–H groups in total. The Bertz CT molecular complexity index is 1090. The fourth-order valence-corrected chi connectivity index (χ4v) is 4.25. The van der Waals surface area contributed by atoms with Crippen LogP contribution in [0.4, 0.5) is 0 Å². The minimum atomic E-state index is -3.61. The first-order chi connectivity index (χ1) is 11.3. The van der Waals surface area contributed by atoms with Crippen LogP contribution < -0.4 is 0 Å². The van der Waals surface area contributed by atoms with Gasteiger partial charge in [0.1, 0.15) is 3.57 Å². The van der Waals surface area contributed by atoms with Gasteiger partial charge >= 0.3 is 19.8 Å². The number of fused-ring (bicyclic) bond motifs is 2. The molecule has 3 nitrogen and oxygen atoms in total. The first-order valence-electron chi connectivity index (χ1n) is 7.18. The average molecular weight is 413 g/mol. The lowest BCUT2D eigenvalue weighted by Crippen LogP contribution is -1.91. The van der Waals surface area contributed by atoms with E-state index in [1.54, 1.807) is 12.1 Å². The molecule has 0 spiro atoms. The number of rotatable bonds is 2. The Morgan fingerprint density at radius 3 is 2.17 bits per heavy atom. The summed E-state index contributed by atoms with van der Waals surface area (Å²) in [6, 6.07) is 23.3. The van der Waals surface area contributed by atoms with E-state index in [2.05, 4.69) is 4.98 Å². The van der Waals surface area contributed by atoms with Crippen LogP contribution in [0.25, 0.3) is 32.9 Å². The molecular weight excluding hydrogens is 401 g/mol. The van der Waals surface area contributed by atoms with Gasteiger partial charge in [-0.25, -0.2) is 11.1 Å². The van der Waals surface area contributed by atoms with E-state index in [0.717, 1.165) is 27.4 Å². The fraction of sp³-hybridized carbons (Fsp3) is 0. The summed E-state index contributed by atoms with van der Waals surface area (Å²) in [5, 5.41) is 1.90. The smallest absolute Gasteiger partial charge is 0.246 e. The molecule has 23 heavy (non-hydrogen) atoms. The predicted molar refractivity (Wildman–Crippen MR) is 98.8 cm³/mol. The second kappa shape index (κ2) is 5.70. The zero-order valence-electron chi connectivity index (χ0n) is 12.1. The molecule has 1 heterocycles. The van der Waals surface area contributed by atoms with E-state index >= 15 is 0 Å². The molecule has 4 aromatic rings. The van der Waals surface area contributed by atoms with Gasteiger partial charge in [-0.05, 0) is 17.7 Å². The number of hydrogen-bond acceptors (Lipinski definition) is 3. The van der Waals surface area contributed by atoms with E-state index in [9.17, 15) is 6.14 Å². The van der Waals surface area contributed by atoms with Gasteiger partial charge < -0.3 is 0 Å². The van der Waals surface area contributed by atoms with E-state index in [1.807, 2.05) is 60.7 Å². The predicted octanol–water partition coefficient (Wildman–Crippen LogP) is 5.42. The van der Waals surface area contributed by atoms with Crippen LogP contribution in [0, 0.1) is 3.57 Å². The maximum atomic E-state index is 11.7. The van der Waals surface area contributed by atoms with Crippen LogP contribution in [0.5, 0.6) is 0 Å². The van der Waals surface area contributed by atoms with Crippen LogP contribution in [0.2, 0.25) is 0 Å². The van der Waals surface area contributed by atoms with Crippen LogP contribution in [0.1, 0.15) is 0 Å². The van der Waals surface area contributed by atoms with Gasteiger partial charge in [0.2, 0.25) is 0 Å². The monoisotopic (exact) mass is 413 g/mol. The minimum Gasteiger partial charge on any atom is -0.246 e. The van der Waals surface area contributed by atoms with Gasteiger partial charge in [0.25, 0.3) is 0 Å². The maximum Gasteiger partial charge on any atom is 0.343 e. The molecular formula is C19H12INO2. The number of benzene rings is 3. The van der Waals surface area contributed by atoms with Crippen molar-refractivity contribution in [1.82, 2.24) is 4.98 Å². The van der Waals surface area contributed by atoms with Crippen molar-refractivity contribution < 1.29 is 6.14 Å². The van der Waals surface area contributed by atoms with Crippen LogP contribution in [-0.2, 0) is 6.14 Å². The first-order valence-corrected chi connectivity index (χ1v) is 10.0. The highest BCUT2D eigenvalue weighted by Gasteiger charge is 2.14. The molecule has 4 rings (SSSR count). The lowest BCUT2D eigenvalue weighted by Gasteiger charge is -2.11. The van der Waals surface area contributed by atoms with Gasteiger partial charge in [-0.2, -0.15) is 0 Å². The van der Waals surface area contributed by atoms with Crippen molar-refractivity contribution in [1.29, 1.82) is 0 Å². The molecule has 4 heteroatoms. The molecule has 0 aliphatic rings. The molecule has 0 aliphatic heterocycles. The van der Waals surface area contributed by atoms with Gasteiger partial charge in [-0.1, -0.05) is 60.7 Å². The van der Waals surface area contributed by atoms with Crippen molar-refractivity contribution >= 4 is 41.6 Å². The number of pyridine rings is 1. The van der Waals surface area contributed by atoms with Gasteiger partial charge in [0, 0.05) is 16.3 Å². The molecule has 0 radical (unpaired) electrons. The summed E-state index contributed by atoms with van der Waals surface area (Å²) in [5.41, 5.74) is 3.47. The van der Waals surface area contributed by atoms with E-state index in [-0.39, 0.29) is 0 Å². The minimum absolute atomic E-state index is 0.356. The van der Waals surface area contributed by atoms with Crippen LogP contribution >= 0.6 is 19.8 Å². The Balaban J connectivity index is 2.26. The topological polar surface area (TPSA) is 47.0 Å². The zero-order chi connectivity index (χ0) is 15.8. The second-order valence-corrected chi connectivity index (χ2v) is 7.63. The molecule has 1 aromatic heterocycles. The van der Waals surface area contributed by atoms with Crippen molar-refractivity contribution in [3.63, 3.8) is 0 Å². The molecule has 0 amide bonds. The standard InChI is InChI=1S/C19H12INO2/c22-20(23)16-11-6-10-15-18(13-7-2-1-3-8-13)14-9-4-5-12-17(14)21-19(15)16/h1-12H. The number of hydrogen-bond donors (Lipinski definition) is 0. The third-order valence-corrected chi connectivity index (χ3v) is 5.71. The molecule has 0 unspecified atom stereocenters. The van der Waals surface area contributed by atoms with E-state index < -0.39 is 19.8 Å². The highest BCUT2D eigenvalue weighted by Crippen LogP contribution is 2.37. The van der Waals surface area contributed by atoms with Crippen molar-refractivity contribution in [3.8, 4) is 11.1 Å². The van der Waals surface area contributed by atoms with Crippen LogP contribution in [0.3, 0.4) is 0 Å². The Hall–Kier alpha value is -2.34. The van der Waals surface area contributed by atoms with E-state index in [4.69, 9.17) is 0 Å². The highest BCUT2D eigenvalue weighted by atomic mass is 127. The largest absolute Gasteiger partial charge is 0.343 e. The van der Waals surface area contributed by atoms with Crippen molar-refractivity contribution in [2.45, 2.75) is 0 Å². The molecule has 0 fully saturated rings. The number of nitrogens with zero attached hydrogens (tertiary/aromatic N) is 1. The summed E-state index contributed by atoms with van der Waals surface area (Å²) in [7, 11) is 0. The van der Waals surface area contributed by atoms with Crippen LogP contribution in [0.15, 0.2) is 72.8 Å². The molecule has 0 bridgehead atoms. The lowest BCUT2D eigenvalue weighted by atomic mass is 9.96. The van der Waals surface area contributed by atoms with Crippen molar-refractivity contribution in [2.24, 2.45) is 0 Å². The molecule has 0 saturated heterocycles. The van der Waals surface area contributed by atoms with Crippen molar-refractivity contribution in [2.75, 3.05) is 0 Å². The normalized spacial score (nSPS) is 11.3. The van der Waals surface area contributed by atoms with Gasteiger partial charge in [-0.15, -0.1) is 0 Å².